The fraction of sp³-hybridized carbons (Fsp3) is 0.381. The van der Waals surface area contributed by atoms with Crippen LogP contribution in [0, 0.1) is 0 Å². The van der Waals surface area contributed by atoms with E-state index in [0.717, 1.165) is 17.7 Å². The Bertz CT molecular complexity index is 703. The highest BCUT2D eigenvalue weighted by molar-refractivity contribution is 5.91. The second kappa shape index (κ2) is 11.2. The van der Waals surface area contributed by atoms with Gasteiger partial charge in [0, 0.05) is 18.3 Å². The molecule has 0 saturated carbocycles. The summed E-state index contributed by atoms with van der Waals surface area (Å²) >= 11 is 0. The van der Waals surface area contributed by atoms with Crippen molar-refractivity contribution in [2.75, 3.05) is 25.1 Å². The monoisotopic (exact) mass is 372 g/mol. The van der Waals surface area contributed by atoms with E-state index >= 15 is 0 Å². The van der Waals surface area contributed by atoms with Crippen molar-refractivity contribution in [3.05, 3.63) is 54.1 Å². The number of rotatable bonds is 11. The fourth-order valence-electron chi connectivity index (χ4n) is 2.51. The lowest BCUT2D eigenvalue weighted by Crippen LogP contribution is -2.31. The fourth-order valence-corrected chi connectivity index (χ4v) is 2.51. The van der Waals surface area contributed by atoms with Gasteiger partial charge in [0.2, 0.25) is 0 Å². The van der Waals surface area contributed by atoms with Crippen molar-refractivity contribution in [2.24, 2.45) is 0 Å². The molecule has 0 spiro atoms. The molecule has 2 aromatic rings. The molecule has 1 amide bonds. The summed E-state index contributed by atoms with van der Waals surface area (Å²) in [6.45, 7) is 5.04. The number of para-hydroxylation sites is 1. The Morgan fingerprint density at radius 3 is 2.52 bits per heavy atom. The number of hydrogen-bond acceptors (Lipinski definition) is 5. The lowest BCUT2D eigenvalue weighted by molar-refractivity contribution is -0.118. The van der Waals surface area contributed by atoms with Gasteiger partial charge in [0.15, 0.2) is 18.1 Å². The first-order chi connectivity index (χ1) is 13.2. The van der Waals surface area contributed by atoms with Gasteiger partial charge in [0.25, 0.3) is 5.91 Å². The molecule has 6 nitrogen and oxygen atoms in total. The number of carbonyl (C=O) groups excluding carboxylic acids is 1. The zero-order valence-electron chi connectivity index (χ0n) is 15.9. The molecule has 0 aromatic heterocycles. The second-order valence-corrected chi connectivity index (χ2v) is 6.09. The molecule has 27 heavy (non-hydrogen) atoms. The first kappa shape index (κ1) is 20.7. The lowest BCUT2D eigenvalue weighted by atomic mass is 10.1. The zero-order chi connectivity index (χ0) is 19.5. The average Bonchev–Trinajstić information content (AvgIpc) is 2.69. The normalized spacial score (nSPS) is 11.7. The molecule has 3 N–H and O–H groups in total. The van der Waals surface area contributed by atoms with Crippen molar-refractivity contribution >= 4 is 11.6 Å². The Morgan fingerprint density at radius 2 is 1.85 bits per heavy atom. The van der Waals surface area contributed by atoms with Gasteiger partial charge in [-0.3, -0.25) is 4.79 Å². The lowest BCUT2D eigenvalue weighted by Gasteiger charge is -2.16. The molecule has 0 aliphatic rings. The van der Waals surface area contributed by atoms with E-state index < -0.39 is 0 Å². The van der Waals surface area contributed by atoms with Gasteiger partial charge in [-0.2, -0.15) is 0 Å². The highest BCUT2D eigenvalue weighted by Gasteiger charge is 2.11. The van der Waals surface area contributed by atoms with Crippen molar-refractivity contribution in [2.45, 2.75) is 32.9 Å². The van der Waals surface area contributed by atoms with E-state index in [2.05, 4.69) is 10.6 Å². The van der Waals surface area contributed by atoms with E-state index in [9.17, 15) is 9.90 Å². The van der Waals surface area contributed by atoms with E-state index in [0.29, 0.717) is 24.7 Å². The van der Waals surface area contributed by atoms with Gasteiger partial charge in [-0.1, -0.05) is 31.2 Å². The van der Waals surface area contributed by atoms with Crippen molar-refractivity contribution in [1.82, 2.24) is 5.32 Å². The third-order valence-electron chi connectivity index (χ3n) is 4.03. The summed E-state index contributed by atoms with van der Waals surface area (Å²) in [5.74, 6) is 0.891. The maximum absolute atomic E-state index is 12.1. The summed E-state index contributed by atoms with van der Waals surface area (Å²) in [6.07, 6.45) is 0.854. The largest absolute Gasteiger partial charge is 0.490 e. The van der Waals surface area contributed by atoms with Gasteiger partial charge in [0.1, 0.15) is 0 Å². The van der Waals surface area contributed by atoms with E-state index in [-0.39, 0.29) is 25.2 Å². The Morgan fingerprint density at radius 1 is 1.07 bits per heavy atom. The number of aliphatic hydroxyl groups excluding tert-OH is 1. The number of benzene rings is 2. The van der Waals surface area contributed by atoms with Crippen LogP contribution in [0.5, 0.6) is 11.5 Å². The average molecular weight is 372 g/mol. The van der Waals surface area contributed by atoms with Crippen LogP contribution in [0.2, 0.25) is 0 Å². The predicted octanol–water partition coefficient (Wildman–Crippen LogP) is 2.96. The van der Waals surface area contributed by atoms with Crippen LogP contribution in [0.15, 0.2) is 48.5 Å². The van der Waals surface area contributed by atoms with Crippen LogP contribution >= 0.6 is 0 Å². The highest BCUT2D eigenvalue weighted by Crippen LogP contribution is 2.28. The third kappa shape index (κ3) is 6.92. The van der Waals surface area contributed by atoms with E-state index in [1.807, 2.05) is 56.3 Å². The summed E-state index contributed by atoms with van der Waals surface area (Å²) in [5, 5.41) is 15.3. The van der Waals surface area contributed by atoms with Crippen molar-refractivity contribution < 1.29 is 19.4 Å². The minimum absolute atomic E-state index is 0.0677. The SMILES string of the molecule is CCOc1cc(CNC(CC)CO)ccc1OCC(=O)Nc1ccccc1. The molecule has 0 heterocycles. The Hall–Kier alpha value is -2.57. The minimum atomic E-state index is -0.233. The van der Waals surface area contributed by atoms with E-state index in [1.165, 1.54) is 0 Å². The van der Waals surface area contributed by atoms with Crippen LogP contribution in [0.25, 0.3) is 0 Å². The summed E-state index contributed by atoms with van der Waals surface area (Å²) in [7, 11) is 0. The molecule has 2 aromatic carbocycles. The van der Waals surface area contributed by atoms with Crippen LogP contribution in [-0.4, -0.2) is 36.9 Å². The third-order valence-corrected chi connectivity index (χ3v) is 4.03. The van der Waals surface area contributed by atoms with Crippen molar-refractivity contribution in [3.63, 3.8) is 0 Å². The molecule has 0 aliphatic carbocycles. The molecular weight excluding hydrogens is 344 g/mol. The maximum Gasteiger partial charge on any atom is 0.262 e. The van der Waals surface area contributed by atoms with Gasteiger partial charge in [-0.15, -0.1) is 0 Å². The number of nitrogens with one attached hydrogen (secondary N) is 2. The van der Waals surface area contributed by atoms with Gasteiger partial charge in [0.05, 0.1) is 13.2 Å². The summed E-state index contributed by atoms with van der Waals surface area (Å²) < 4.78 is 11.3. The summed E-state index contributed by atoms with van der Waals surface area (Å²) in [6, 6.07) is 14.9. The number of hydrogen-bond donors (Lipinski definition) is 3. The molecule has 2 rings (SSSR count). The first-order valence-electron chi connectivity index (χ1n) is 9.23. The molecule has 1 atom stereocenters. The van der Waals surface area contributed by atoms with Crippen molar-refractivity contribution in [1.29, 1.82) is 0 Å². The number of aliphatic hydroxyl groups is 1. The number of amides is 1. The Labute approximate surface area is 160 Å². The van der Waals surface area contributed by atoms with Crippen molar-refractivity contribution in [3.8, 4) is 11.5 Å². The molecule has 0 saturated heterocycles. The molecule has 0 radical (unpaired) electrons. The maximum atomic E-state index is 12.1. The molecule has 0 bridgehead atoms. The smallest absolute Gasteiger partial charge is 0.262 e. The predicted molar refractivity (Wildman–Crippen MR) is 106 cm³/mol. The summed E-state index contributed by atoms with van der Waals surface area (Å²) in [4.78, 5) is 12.1. The van der Waals surface area contributed by atoms with E-state index in [4.69, 9.17) is 9.47 Å². The van der Waals surface area contributed by atoms with Crippen LogP contribution in [-0.2, 0) is 11.3 Å². The quantitative estimate of drug-likeness (QED) is 0.565. The minimum Gasteiger partial charge on any atom is -0.490 e. The topological polar surface area (TPSA) is 79.8 Å². The number of anilines is 1. The van der Waals surface area contributed by atoms with Gasteiger partial charge < -0.3 is 25.2 Å². The molecule has 146 valence electrons. The van der Waals surface area contributed by atoms with Crippen LogP contribution in [0.3, 0.4) is 0 Å². The highest BCUT2D eigenvalue weighted by atomic mass is 16.5. The molecule has 1 unspecified atom stereocenters. The van der Waals surface area contributed by atoms with Gasteiger partial charge >= 0.3 is 0 Å². The number of ether oxygens (including phenoxy) is 2. The number of carbonyl (C=O) groups is 1. The second-order valence-electron chi connectivity index (χ2n) is 6.09. The van der Waals surface area contributed by atoms with Gasteiger partial charge in [-0.05, 0) is 43.2 Å². The zero-order valence-corrected chi connectivity index (χ0v) is 15.9. The molecule has 0 fully saturated rings. The van der Waals surface area contributed by atoms with Crippen LogP contribution in [0.4, 0.5) is 5.69 Å². The van der Waals surface area contributed by atoms with Crippen LogP contribution < -0.4 is 20.1 Å². The Balaban J connectivity index is 1.95. The van der Waals surface area contributed by atoms with Gasteiger partial charge in [-0.25, -0.2) is 0 Å². The summed E-state index contributed by atoms with van der Waals surface area (Å²) in [5.41, 5.74) is 1.75. The molecule has 0 aliphatic heterocycles. The van der Waals surface area contributed by atoms with E-state index in [1.54, 1.807) is 6.07 Å². The van der Waals surface area contributed by atoms with Crippen LogP contribution in [0.1, 0.15) is 25.8 Å². The molecule has 6 heteroatoms. The molecular formula is C21H28N2O4. The Kier molecular flexibility index (Phi) is 8.61. The standard InChI is InChI=1S/C21H28N2O4/c1-3-17(14-24)22-13-16-10-11-19(20(12-16)26-4-2)27-15-21(25)23-18-8-6-5-7-9-18/h5-12,17,22,24H,3-4,13-15H2,1-2H3,(H,23,25). The first-order valence-corrected chi connectivity index (χ1v) is 9.23.